The van der Waals surface area contributed by atoms with Crippen LogP contribution in [0.5, 0.6) is 0 Å². The summed E-state index contributed by atoms with van der Waals surface area (Å²) in [4.78, 5) is 22.2. The fourth-order valence-electron chi connectivity index (χ4n) is 1.01. The molecule has 0 heterocycles. The van der Waals surface area contributed by atoms with Crippen molar-refractivity contribution in [3.05, 3.63) is 29.8 Å². The number of halogens is 2. The largest absolute Gasteiger partial charge is 0.395 e. The number of hydrogen-bond acceptors (Lipinski definition) is 3. The highest BCUT2D eigenvalue weighted by atomic mass is 19.2. The summed E-state index contributed by atoms with van der Waals surface area (Å²) in [5.74, 6) is -4.17. The summed E-state index contributed by atoms with van der Waals surface area (Å²) in [6.07, 6.45) is 0. The van der Waals surface area contributed by atoms with Gasteiger partial charge < -0.3 is 15.7 Å². The third-order valence-corrected chi connectivity index (χ3v) is 1.78. The first-order chi connectivity index (χ1) is 8.04. The molecule has 0 aliphatic carbocycles. The number of amides is 2. The van der Waals surface area contributed by atoms with Crippen LogP contribution in [0.2, 0.25) is 0 Å². The van der Waals surface area contributed by atoms with Crippen LogP contribution in [0.25, 0.3) is 0 Å². The number of hydrogen-bond donors (Lipinski definition) is 3. The van der Waals surface area contributed by atoms with Gasteiger partial charge in [-0.1, -0.05) is 0 Å². The summed E-state index contributed by atoms with van der Waals surface area (Å²) < 4.78 is 25.3. The molecule has 0 saturated heterocycles. The van der Waals surface area contributed by atoms with Gasteiger partial charge in [-0.25, -0.2) is 8.78 Å². The molecule has 3 N–H and O–H groups in total. The van der Waals surface area contributed by atoms with E-state index in [1.807, 2.05) is 0 Å². The lowest BCUT2D eigenvalue weighted by Gasteiger charge is -2.05. The number of aliphatic hydroxyl groups excluding tert-OH is 1. The third kappa shape index (κ3) is 3.80. The van der Waals surface area contributed by atoms with Crippen molar-refractivity contribution in [3.63, 3.8) is 0 Å². The van der Waals surface area contributed by atoms with E-state index in [0.717, 1.165) is 18.2 Å². The molecule has 0 atom stereocenters. The van der Waals surface area contributed by atoms with Crippen molar-refractivity contribution in [3.8, 4) is 0 Å². The lowest BCUT2D eigenvalue weighted by atomic mass is 10.3. The Morgan fingerprint density at radius 1 is 1.18 bits per heavy atom. The van der Waals surface area contributed by atoms with Crippen LogP contribution < -0.4 is 10.6 Å². The van der Waals surface area contributed by atoms with Gasteiger partial charge in [-0.3, -0.25) is 9.59 Å². The highest BCUT2D eigenvalue weighted by Gasteiger charge is 2.13. The second kappa shape index (κ2) is 5.90. The third-order valence-electron chi connectivity index (χ3n) is 1.78. The number of nitrogens with one attached hydrogen (secondary N) is 2. The van der Waals surface area contributed by atoms with E-state index >= 15 is 0 Å². The van der Waals surface area contributed by atoms with Gasteiger partial charge in [0.15, 0.2) is 11.6 Å². The molecule has 0 bridgehead atoms. The van der Waals surface area contributed by atoms with Crippen LogP contribution >= 0.6 is 0 Å². The average molecular weight is 244 g/mol. The SMILES string of the molecule is O=C(NCCO)C(=O)Nc1ccc(F)c(F)c1. The summed E-state index contributed by atoms with van der Waals surface area (Å²) >= 11 is 0. The van der Waals surface area contributed by atoms with Gasteiger partial charge in [-0.2, -0.15) is 0 Å². The molecule has 1 aromatic carbocycles. The number of anilines is 1. The van der Waals surface area contributed by atoms with E-state index in [1.165, 1.54) is 0 Å². The van der Waals surface area contributed by atoms with Crippen molar-refractivity contribution in [1.82, 2.24) is 5.32 Å². The fourth-order valence-corrected chi connectivity index (χ4v) is 1.01. The van der Waals surface area contributed by atoms with Crippen LogP contribution in [0.4, 0.5) is 14.5 Å². The predicted molar refractivity (Wildman–Crippen MR) is 55.1 cm³/mol. The van der Waals surface area contributed by atoms with E-state index in [2.05, 4.69) is 10.6 Å². The minimum Gasteiger partial charge on any atom is -0.395 e. The van der Waals surface area contributed by atoms with Crippen molar-refractivity contribution >= 4 is 17.5 Å². The molecule has 0 spiro atoms. The molecule has 92 valence electrons. The zero-order chi connectivity index (χ0) is 12.8. The highest BCUT2D eigenvalue weighted by molar-refractivity contribution is 6.39. The maximum Gasteiger partial charge on any atom is 0.313 e. The molecule has 0 fully saturated rings. The Morgan fingerprint density at radius 2 is 1.88 bits per heavy atom. The molecule has 0 aliphatic rings. The minimum absolute atomic E-state index is 0.0342. The topological polar surface area (TPSA) is 78.4 Å². The lowest BCUT2D eigenvalue weighted by Crippen LogP contribution is -2.36. The maximum absolute atomic E-state index is 12.8. The Kier molecular flexibility index (Phi) is 4.53. The van der Waals surface area contributed by atoms with Gasteiger partial charge in [0.2, 0.25) is 0 Å². The van der Waals surface area contributed by atoms with E-state index in [1.54, 1.807) is 0 Å². The molecule has 0 radical (unpaired) electrons. The van der Waals surface area contributed by atoms with Crippen molar-refractivity contribution in [2.24, 2.45) is 0 Å². The van der Waals surface area contributed by atoms with Crippen molar-refractivity contribution < 1.29 is 23.5 Å². The van der Waals surface area contributed by atoms with E-state index < -0.39 is 23.4 Å². The number of benzene rings is 1. The van der Waals surface area contributed by atoms with Gasteiger partial charge in [0.05, 0.1) is 6.61 Å². The second-order valence-corrected chi connectivity index (χ2v) is 3.06. The smallest absolute Gasteiger partial charge is 0.313 e. The van der Waals surface area contributed by atoms with Gasteiger partial charge in [-0.05, 0) is 12.1 Å². The standard InChI is InChI=1S/C10H10F2N2O3/c11-7-2-1-6(5-8(7)12)14-10(17)9(16)13-3-4-15/h1-2,5,15H,3-4H2,(H,13,16)(H,14,17). The van der Waals surface area contributed by atoms with E-state index in [4.69, 9.17) is 5.11 Å². The van der Waals surface area contributed by atoms with Crippen LogP contribution in [0.1, 0.15) is 0 Å². The first-order valence-electron chi connectivity index (χ1n) is 4.69. The molecular weight excluding hydrogens is 234 g/mol. The second-order valence-electron chi connectivity index (χ2n) is 3.06. The zero-order valence-corrected chi connectivity index (χ0v) is 8.67. The van der Waals surface area contributed by atoms with Crippen LogP contribution in [0.3, 0.4) is 0 Å². The van der Waals surface area contributed by atoms with Gasteiger partial charge >= 0.3 is 11.8 Å². The lowest BCUT2D eigenvalue weighted by molar-refractivity contribution is -0.136. The maximum atomic E-state index is 12.8. The van der Waals surface area contributed by atoms with Crippen molar-refractivity contribution in [2.75, 3.05) is 18.5 Å². The minimum atomic E-state index is -1.13. The zero-order valence-electron chi connectivity index (χ0n) is 8.67. The Morgan fingerprint density at radius 3 is 2.47 bits per heavy atom. The monoisotopic (exact) mass is 244 g/mol. The fraction of sp³-hybridized carbons (Fsp3) is 0.200. The average Bonchev–Trinajstić information content (AvgIpc) is 2.30. The number of carbonyl (C=O) groups excluding carboxylic acids is 2. The van der Waals surface area contributed by atoms with Crippen LogP contribution in [0.15, 0.2) is 18.2 Å². The molecule has 0 aliphatic heterocycles. The highest BCUT2D eigenvalue weighted by Crippen LogP contribution is 2.12. The number of aliphatic hydroxyl groups is 1. The Hall–Kier alpha value is -2.02. The first kappa shape index (κ1) is 13.0. The Bertz CT molecular complexity index is 438. The summed E-state index contributed by atoms with van der Waals surface area (Å²) in [6, 6.07) is 2.71. The van der Waals surface area contributed by atoms with Gasteiger partial charge in [-0.15, -0.1) is 0 Å². The van der Waals surface area contributed by atoms with Gasteiger partial charge in [0.25, 0.3) is 0 Å². The van der Waals surface area contributed by atoms with Gasteiger partial charge in [0.1, 0.15) is 0 Å². The molecule has 7 heteroatoms. The summed E-state index contributed by atoms with van der Waals surface area (Å²) in [7, 11) is 0. The normalized spacial score (nSPS) is 9.82. The summed E-state index contributed by atoms with van der Waals surface area (Å²) in [5.41, 5.74) is -0.0342. The van der Waals surface area contributed by atoms with E-state index in [0.29, 0.717) is 0 Å². The van der Waals surface area contributed by atoms with Crippen LogP contribution in [-0.2, 0) is 9.59 Å². The quantitative estimate of drug-likeness (QED) is 0.655. The first-order valence-corrected chi connectivity index (χ1v) is 4.69. The molecule has 17 heavy (non-hydrogen) atoms. The van der Waals surface area contributed by atoms with Crippen LogP contribution in [-0.4, -0.2) is 30.1 Å². The Labute approximate surface area is 95.4 Å². The van der Waals surface area contributed by atoms with Crippen LogP contribution in [0, 0.1) is 11.6 Å². The number of rotatable bonds is 3. The van der Waals surface area contributed by atoms with Crippen molar-refractivity contribution in [2.45, 2.75) is 0 Å². The van der Waals surface area contributed by atoms with Gasteiger partial charge in [0, 0.05) is 18.3 Å². The molecular formula is C10H10F2N2O3. The molecule has 1 aromatic rings. The molecule has 0 saturated carbocycles. The van der Waals surface area contributed by atoms with E-state index in [9.17, 15) is 18.4 Å². The Balaban J connectivity index is 2.61. The summed E-state index contributed by atoms with van der Waals surface area (Å²) in [6.45, 7) is -0.367. The molecule has 0 unspecified atom stereocenters. The molecule has 1 rings (SSSR count). The number of carbonyl (C=O) groups is 2. The molecule has 2 amide bonds. The molecule has 5 nitrogen and oxygen atoms in total. The predicted octanol–water partition coefficient (Wildman–Crippen LogP) is 0.0118. The summed E-state index contributed by atoms with van der Waals surface area (Å²) in [5, 5.41) is 12.6. The van der Waals surface area contributed by atoms with Crippen molar-refractivity contribution in [1.29, 1.82) is 0 Å². The molecule has 0 aromatic heterocycles. The van der Waals surface area contributed by atoms with E-state index in [-0.39, 0.29) is 18.8 Å².